The third-order valence-corrected chi connectivity index (χ3v) is 4.38. The maximum absolute atomic E-state index is 8.78. The lowest BCUT2D eigenvalue weighted by molar-refractivity contribution is 0.370. The Hall–Kier alpha value is -1.21. The van der Waals surface area contributed by atoms with Crippen molar-refractivity contribution in [2.24, 2.45) is 11.8 Å². The summed E-state index contributed by atoms with van der Waals surface area (Å²) in [6.07, 6.45) is 13.3. The summed E-state index contributed by atoms with van der Waals surface area (Å²) in [5.74, 6) is 1.01. The number of imidazole rings is 1. The zero-order valence-corrected chi connectivity index (χ0v) is 11.4. The molecular weight excluding hydrogens is 242 g/mol. The summed E-state index contributed by atoms with van der Waals surface area (Å²) in [4.78, 5) is 5.06. The van der Waals surface area contributed by atoms with Gasteiger partial charge in [-0.3, -0.25) is 0 Å². The van der Waals surface area contributed by atoms with Crippen LogP contribution in [0.3, 0.4) is 0 Å². The van der Waals surface area contributed by atoms with Crippen molar-refractivity contribution in [1.29, 1.82) is 5.26 Å². The summed E-state index contributed by atoms with van der Waals surface area (Å²) < 4.78 is 1.96. The summed E-state index contributed by atoms with van der Waals surface area (Å²) in [5.41, 5.74) is 0. The van der Waals surface area contributed by atoms with E-state index in [1.165, 1.54) is 25.7 Å². The normalized spacial score (nSPS) is 24.2. The number of nitriles is 1. The summed E-state index contributed by atoms with van der Waals surface area (Å²) in [6, 6.07) is 2.27. The van der Waals surface area contributed by atoms with Crippen LogP contribution in [0.15, 0.2) is 18.7 Å². The van der Waals surface area contributed by atoms with Crippen molar-refractivity contribution in [3.05, 3.63) is 18.7 Å². The molecule has 3 nitrogen and oxygen atoms in total. The lowest BCUT2D eigenvalue weighted by atomic mass is 9.84. The Morgan fingerprint density at radius 1 is 1.39 bits per heavy atom. The SMILES string of the molecule is N#CCCC1CCCCCC1C(=S)n1ccnc1. The van der Waals surface area contributed by atoms with Gasteiger partial charge in [-0.05, 0) is 25.2 Å². The van der Waals surface area contributed by atoms with E-state index in [4.69, 9.17) is 17.5 Å². The fraction of sp³-hybridized carbons (Fsp3) is 0.643. The third-order valence-electron chi connectivity index (χ3n) is 3.86. The minimum atomic E-state index is 0.435. The number of nitrogens with zero attached hydrogens (tertiary/aromatic N) is 3. The van der Waals surface area contributed by atoms with Crippen molar-refractivity contribution in [3.8, 4) is 6.07 Å². The molecule has 1 aliphatic rings. The first-order valence-corrected chi connectivity index (χ1v) is 7.13. The zero-order chi connectivity index (χ0) is 12.8. The average Bonchev–Trinajstić information content (AvgIpc) is 2.82. The van der Waals surface area contributed by atoms with Crippen LogP contribution in [0.1, 0.15) is 44.9 Å². The molecule has 0 saturated heterocycles. The van der Waals surface area contributed by atoms with Crippen LogP contribution in [-0.2, 0) is 0 Å². The second-order valence-electron chi connectivity index (χ2n) is 5.01. The third kappa shape index (κ3) is 3.17. The number of thiocarbonyl (C=S) groups is 1. The molecular formula is C14H19N3S. The second-order valence-corrected chi connectivity index (χ2v) is 5.43. The largest absolute Gasteiger partial charge is 0.300 e. The van der Waals surface area contributed by atoms with Crippen molar-refractivity contribution in [2.45, 2.75) is 44.9 Å². The van der Waals surface area contributed by atoms with Gasteiger partial charge in [0.25, 0.3) is 0 Å². The molecule has 1 fully saturated rings. The van der Waals surface area contributed by atoms with Gasteiger partial charge in [0.15, 0.2) is 0 Å². The summed E-state index contributed by atoms with van der Waals surface area (Å²) in [7, 11) is 0. The van der Waals surface area contributed by atoms with E-state index < -0.39 is 0 Å². The van der Waals surface area contributed by atoms with Crippen molar-refractivity contribution < 1.29 is 0 Å². The van der Waals surface area contributed by atoms with Crippen LogP contribution in [0.5, 0.6) is 0 Å². The van der Waals surface area contributed by atoms with E-state index in [1.54, 1.807) is 12.5 Å². The maximum Gasteiger partial charge on any atom is 0.0995 e. The van der Waals surface area contributed by atoms with Crippen LogP contribution in [-0.4, -0.2) is 14.5 Å². The average molecular weight is 261 g/mol. The van der Waals surface area contributed by atoms with E-state index in [2.05, 4.69) is 11.1 Å². The fourth-order valence-corrected chi connectivity index (χ4v) is 3.30. The van der Waals surface area contributed by atoms with E-state index in [0.29, 0.717) is 18.3 Å². The lowest BCUT2D eigenvalue weighted by Crippen LogP contribution is -2.26. The molecule has 1 heterocycles. The number of rotatable bonds is 3. The van der Waals surface area contributed by atoms with Crippen molar-refractivity contribution >= 4 is 17.2 Å². The van der Waals surface area contributed by atoms with E-state index >= 15 is 0 Å². The van der Waals surface area contributed by atoms with E-state index in [9.17, 15) is 0 Å². The predicted octanol–water partition coefficient (Wildman–Crippen LogP) is 3.56. The van der Waals surface area contributed by atoms with Gasteiger partial charge in [0.05, 0.1) is 17.4 Å². The first-order valence-electron chi connectivity index (χ1n) is 6.72. The molecule has 0 N–H and O–H groups in total. The molecule has 2 rings (SSSR count). The highest BCUT2D eigenvalue weighted by atomic mass is 32.1. The Morgan fingerprint density at radius 2 is 2.22 bits per heavy atom. The Balaban J connectivity index is 2.10. The number of hydrogen-bond acceptors (Lipinski definition) is 3. The van der Waals surface area contributed by atoms with Crippen LogP contribution in [0.4, 0.5) is 0 Å². The quantitative estimate of drug-likeness (QED) is 0.617. The number of aromatic nitrogens is 2. The molecule has 1 saturated carbocycles. The molecule has 0 spiro atoms. The molecule has 96 valence electrons. The molecule has 2 atom stereocenters. The molecule has 4 heteroatoms. The highest BCUT2D eigenvalue weighted by Gasteiger charge is 2.27. The van der Waals surface area contributed by atoms with Gasteiger partial charge in [-0.2, -0.15) is 5.26 Å². The standard InChI is InChI=1S/C14H19N3S/c15-8-4-6-12-5-2-1-3-7-13(12)14(18)17-10-9-16-11-17/h9-13H,1-7H2. The van der Waals surface area contributed by atoms with Gasteiger partial charge in [0.2, 0.25) is 0 Å². The van der Waals surface area contributed by atoms with Gasteiger partial charge in [-0.15, -0.1) is 0 Å². The van der Waals surface area contributed by atoms with Crippen LogP contribution in [0.2, 0.25) is 0 Å². The van der Waals surface area contributed by atoms with Gasteiger partial charge in [0.1, 0.15) is 0 Å². The minimum Gasteiger partial charge on any atom is -0.300 e. The molecule has 1 aliphatic carbocycles. The topological polar surface area (TPSA) is 41.6 Å². The van der Waals surface area contributed by atoms with Crippen LogP contribution >= 0.6 is 12.2 Å². The van der Waals surface area contributed by atoms with E-state index in [1.807, 2.05) is 10.8 Å². The molecule has 0 amide bonds. The van der Waals surface area contributed by atoms with Gasteiger partial charge in [-0.25, -0.2) is 4.98 Å². The second kappa shape index (κ2) is 6.65. The molecule has 1 aromatic rings. The molecule has 2 unspecified atom stereocenters. The Morgan fingerprint density at radius 3 is 2.94 bits per heavy atom. The first-order chi connectivity index (χ1) is 8.83. The maximum atomic E-state index is 8.78. The summed E-state index contributed by atoms with van der Waals surface area (Å²) in [6.45, 7) is 0. The van der Waals surface area contributed by atoms with Gasteiger partial charge >= 0.3 is 0 Å². The highest BCUT2D eigenvalue weighted by molar-refractivity contribution is 7.80. The molecule has 18 heavy (non-hydrogen) atoms. The van der Waals surface area contributed by atoms with Crippen molar-refractivity contribution in [3.63, 3.8) is 0 Å². The van der Waals surface area contributed by atoms with Crippen molar-refractivity contribution in [2.75, 3.05) is 0 Å². The monoisotopic (exact) mass is 261 g/mol. The van der Waals surface area contributed by atoms with Crippen LogP contribution in [0.25, 0.3) is 0 Å². The highest BCUT2D eigenvalue weighted by Crippen LogP contribution is 2.33. The Bertz CT molecular complexity index is 419. The van der Waals surface area contributed by atoms with Gasteiger partial charge in [0, 0.05) is 24.7 Å². The summed E-state index contributed by atoms with van der Waals surface area (Å²) in [5, 5.41) is 8.78. The predicted molar refractivity (Wildman–Crippen MR) is 75.1 cm³/mol. The molecule has 0 bridgehead atoms. The smallest absolute Gasteiger partial charge is 0.0995 e. The minimum absolute atomic E-state index is 0.435. The van der Waals surface area contributed by atoms with Gasteiger partial charge in [-0.1, -0.05) is 31.5 Å². The van der Waals surface area contributed by atoms with E-state index in [0.717, 1.165) is 17.8 Å². The van der Waals surface area contributed by atoms with Crippen molar-refractivity contribution in [1.82, 2.24) is 9.55 Å². The molecule has 0 aromatic carbocycles. The lowest BCUT2D eigenvalue weighted by Gasteiger charge is -2.25. The van der Waals surface area contributed by atoms with E-state index in [-0.39, 0.29) is 0 Å². The van der Waals surface area contributed by atoms with Gasteiger partial charge < -0.3 is 4.57 Å². The Kier molecular flexibility index (Phi) is 4.89. The van der Waals surface area contributed by atoms with Crippen LogP contribution < -0.4 is 0 Å². The fourth-order valence-electron chi connectivity index (χ4n) is 2.89. The zero-order valence-electron chi connectivity index (χ0n) is 10.6. The van der Waals surface area contributed by atoms with Crippen LogP contribution in [0, 0.1) is 23.2 Å². The molecule has 0 radical (unpaired) electrons. The molecule has 1 aromatic heterocycles. The molecule has 0 aliphatic heterocycles. The Labute approximate surface area is 114 Å². The first kappa shape index (κ1) is 13.2. The number of hydrogen-bond donors (Lipinski definition) is 0. The summed E-state index contributed by atoms with van der Waals surface area (Å²) >= 11 is 5.62.